The van der Waals surface area contributed by atoms with Crippen LogP contribution in [0.4, 0.5) is 4.79 Å². The van der Waals surface area contributed by atoms with Gasteiger partial charge in [-0.15, -0.1) is 13.2 Å². The Balaban J connectivity index is 3.08. The molecule has 1 rings (SSSR count). The highest BCUT2D eigenvalue weighted by Gasteiger charge is 2.45. The lowest BCUT2D eigenvalue weighted by atomic mass is 10.2. The summed E-state index contributed by atoms with van der Waals surface area (Å²) >= 11 is 0. The summed E-state index contributed by atoms with van der Waals surface area (Å²) in [4.78, 5) is 48.9. The average molecular weight is 296 g/mol. The van der Waals surface area contributed by atoms with Gasteiger partial charge in [0.1, 0.15) is 18.6 Å². The normalized spacial score (nSPS) is 17.2. The molecule has 2 atom stereocenters. The van der Waals surface area contributed by atoms with E-state index in [-0.39, 0.29) is 0 Å². The lowest BCUT2D eigenvalue weighted by Gasteiger charge is -2.25. The molecule has 1 aliphatic rings. The van der Waals surface area contributed by atoms with Gasteiger partial charge in [0.2, 0.25) is 0 Å². The molecule has 1 fully saturated rings. The summed E-state index contributed by atoms with van der Waals surface area (Å²) in [6.07, 6.45) is 2.25. The zero-order chi connectivity index (χ0) is 16.2. The van der Waals surface area contributed by atoms with Crippen LogP contribution < -0.4 is 22.5 Å². The van der Waals surface area contributed by atoms with Gasteiger partial charge in [0.25, 0.3) is 17.7 Å². The van der Waals surface area contributed by atoms with Crippen LogP contribution in [0.25, 0.3) is 0 Å². The molecule has 0 aromatic carbocycles. The number of nitrogens with two attached hydrogens (primary N) is 2. The second-order valence-corrected chi connectivity index (χ2v) is 4.05. The van der Waals surface area contributed by atoms with Gasteiger partial charge in [-0.2, -0.15) is 0 Å². The fourth-order valence-corrected chi connectivity index (χ4v) is 1.90. The summed E-state index contributed by atoms with van der Waals surface area (Å²) in [5.41, 5.74) is 3.70. The van der Waals surface area contributed by atoms with E-state index in [2.05, 4.69) is 13.2 Å². The fourth-order valence-electron chi connectivity index (χ4n) is 1.90. The Bertz CT molecular complexity index is 505. The second kappa shape index (κ2) is 6.63. The van der Waals surface area contributed by atoms with Gasteiger partial charge in [-0.05, 0) is 0 Å². The van der Waals surface area contributed by atoms with Crippen LogP contribution in [0.2, 0.25) is 0 Å². The number of nitrogens with one attached hydrogen (secondary N) is 2. The van der Waals surface area contributed by atoms with E-state index in [0.717, 1.165) is 17.1 Å². The Kier molecular flexibility index (Phi) is 5.16. The van der Waals surface area contributed by atoms with Crippen LogP contribution in [0.3, 0.4) is 0 Å². The molecule has 21 heavy (non-hydrogen) atoms. The van der Waals surface area contributed by atoms with Gasteiger partial charge >= 0.3 is 6.03 Å². The first-order valence-electron chi connectivity index (χ1n) is 5.81. The maximum absolute atomic E-state index is 12.3. The molecule has 5 amide bonds. The Morgan fingerprint density at radius 2 is 1.57 bits per heavy atom. The van der Waals surface area contributed by atoms with Gasteiger partial charge in [-0.3, -0.25) is 30.1 Å². The molecule has 114 valence electrons. The van der Waals surface area contributed by atoms with Crippen molar-refractivity contribution in [3.63, 3.8) is 0 Å². The van der Waals surface area contributed by atoms with E-state index in [1.165, 1.54) is 0 Å². The standard InChI is InChI=1S/C11H16N6O4/c1-3-6(9(19)14-12)16-5-8(18)17(11(16)21)7(4-2)10(20)15-13/h3-4,6-7H,1-2,5,12-13H2,(H,14,19)(H,15,20). The molecule has 0 aliphatic carbocycles. The van der Waals surface area contributed by atoms with Crippen LogP contribution in [0, 0.1) is 0 Å². The molecule has 0 saturated carbocycles. The number of imide groups is 1. The van der Waals surface area contributed by atoms with Crippen LogP contribution in [-0.2, 0) is 14.4 Å². The quantitative estimate of drug-likeness (QED) is 0.138. The maximum Gasteiger partial charge on any atom is 0.329 e. The van der Waals surface area contributed by atoms with Gasteiger partial charge < -0.3 is 0 Å². The Hall–Kier alpha value is -2.72. The summed E-state index contributed by atoms with van der Waals surface area (Å²) < 4.78 is 0. The van der Waals surface area contributed by atoms with E-state index in [1.807, 2.05) is 10.9 Å². The minimum atomic E-state index is -1.27. The first kappa shape index (κ1) is 16.3. The molecule has 0 aromatic rings. The van der Waals surface area contributed by atoms with Gasteiger partial charge in [-0.25, -0.2) is 21.4 Å². The van der Waals surface area contributed by atoms with Gasteiger partial charge in [0, 0.05) is 0 Å². The molecular weight excluding hydrogens is 280 g/mol. The van der Waals surface area contributed by atoms with Crippen LogP contribution in [-0.4, -0.2) is 52.2 Å². The molecule has 6 N–H and O–H groups in total. The lowest BCUT2D eigenvalue weighted by molar-refractivity contribution is -0.133. The number of hydrogen-bond donors (Lipinski definition) is 4. The number of amides is 5. The summed E-state index contributed by atoms with van der Waals surface area (Å²) in [6, 6.07) is -3.25. The molecule has 10 nitrogen and oxygen atoms in total. The van der Waals surface area contributed by atoms with Gasteiger partial charge in [0.15, 0.2) is 0 Å². The molecule has 1 saturated heterocycles. The molecule has 0 aromatic heterocycles. The number of hydrazine groups is 2. The second-order valence-electron chi connectivity index (χ2n) is 4.05. The summed E-state index contributed by atoms with van der Waals surface area (Å²) in [5, 5.41) is 0. The van der Waals surface area contributed by atoms with E-state index in [4.69, 9.17) is 11.7 Å². The predicted octanol–water partition coefficient (Wildman–Crippen LogP) is -2.66. The molecule has 10 heteroatoms. The zero-order valence-electron chi connectivity index (χ0n) is 11.1. The van der Waals surface area contributed by atoms with Crippen LogP contribution in [0.15, 0.2) is 25.3 Å². The highest BCUT2D eigenvalue weighted by molar-refractivity contribution is 6.07. The Morgan fingerprint density at radius 3 is 2.00 bits per heavy atom. The smallest absolute Gasteiger partial charge is 0.299 e. The minimum absolute atomic E-state index is 0.398. The summed E-state index contributed by atoms with van der Waals surface area (Å²) in [5.74, 6) is 7.82. The number of carbonyl (C=O) groups excluding carboxylic acids is 4. The van der Waals surface area contributed by atoms with Crippen molar-refractivity contribution in [3.8, 4) is 0 Å². The van der Waals surface area contributed by atoms with Crippen molar-refractivity contribution >= 4 is 23.8 Å². The predicted molar refractivity (Wildman–Crippen MR) is 71.6 cm³/mol. The number of carbonyl (C=O) groups is 4. The monoisotopic (exact) mass is 296 g/mol. The highest BCUT2D eigenvalue weighted by atomic mass is 16.2. The van der Waals surface area contributed by atoms with Crippen LogP contribution in [0.5, 0.6) is 0 Å². The van der Waals surface area contributed by atoms with Crippen molar-refractivity contribution in [3.05, 3.63) is 25.3 Å². The fraction of sp³-hybridized carbons (Fsp3) is 0.273. The third-order valence-electron chi connectivity index (χ3n) is 2.91. The summed E-state index contributed by atoms with van der Waals surface area (Å²) in [6.45, 7) is 6.40. The van der Waals surface area contributed by atoms with Crippen molar-refractivity contribution in [1.82, 2.24) is 20.7 Å². The molecule has 1 heterocycles. The zero-order valence-corrected chi connectivity index (χ0v) is 11.1. The van der Waals surface area contributed by atoms with E-state index in [0.29, 0.717) is 4.90 Å². The minimum Gasteiger partial charge on any atom is -0.299 e. The number of nitrogens with zero attached hydrogens (tertiary/aromatic N) is 2. The first-order chi connectivity index (χ1) is 9.92. The molecular formula is C11H16N6O4. The molecule has 0 radical (unpaired) electrons. The van der Waals surface area contributed by atoms with Gasteiger partial charge in [-0.1, -0.05) is 12.2 Å². The van der Waals surface area contributed by atoms with Crippen LogP contribution >= 0.6 is 0 Å². The van der Waals surface area contributed by atoms with E-state index < -0.39 is 42.4 Å². The molecule has 2 unspecified atom stereocenters. The topological polar surface area (TPSA) is 151 Å². The molecule has 1 aliphatic heterocycles. The van der Waals surface area contributed by atoms with Crippen molar-refractivity contribution < 1.29 is 19.2 Å². The Labute approximate surface area is 120 Å². The maximum atomic E-state index is 12.3. The largest absolute Gasteiger partial charge is 0.329 e. The lowest BCUT2D eigenvalue weighted by Crippen LogP contribution is -2.53. The molecule has 0 spiro atoms. The van der Waals surface area contributed by atoms with Crippen molar-refractivity contribution in [2.75, 3.05) is 6.54 Å². The molecule has 0 bridgehead atoms. The van der Waals surface area contributed by atoms with Crippen molar-refractivity contribution in [2.24, 2.45) is 11.7 Å². The first-order valence-corrected chi connectivity index (χ1v) is 5.81. The number of urea groups is 1. The Morgan fingerprint density at radius 1 is 1.10 bits per heavy atom. The van der Waals surface area contributed by atoms with Crippen molar-refractivity contribution in [2.45, 2.75) is 12.1 Å². The average Bonchev–Trinajstić information content (AvgIpc) is 2.76. The number of rotatable bonds is 6. The SMILES string of the molecule is C=CC(C(=O)NN)N1CC(=O)N(C(C=C)C(=O)NN)C1=O. The third-order valence-corrected chi connectivity index (χ3v) is 2.91. The number of hydrogen-bond acceptors (Lipinski definition) is 6. The highest BCUT2D eigenvalue weighted by Crippen LogP contribution is 2.18. The van der Waals surface area contributed by atoms with Crippen LogP contribution in [0.1, 0.15) is 0 Å². The van der Waals surface area contributed by atoms with Gasteiger partial charge in [0.05, 0.1) is 0 Å². The van der Waals surface area contributed by atoms with Crippen molar-refractivity contribution in [1.29, 1.82) is 0 Å². The third kappa shape index (κ3) is 2.90. The summed E-state index contributed by atoms with van der Waals surface area (Å²) in [7, 11) is 0. The van der Waals surface area contributed by atoms with E-state index >= 15 is 0 Å². The van der Waals surface area contributed by atoms with E-state index in [9.17, 15) is 19.2 Å². The van der Waals surface area contributed by atoms with E-state index in [1.54, 1.807) is 0 Å².